The highest BCUT2D eigenvalue weighted by molar-refractivity contribution is 7.89. The zero-order chi connectivity index (χ0) is 23.6. The van der Waals surface area contributed by atoms with E-state index in [0.717, 1.165) is 15.8 Å². The number of ether oxygens (including phenoxy) is 1. The first-order chi connectivity index (χ1) is 15.8. The molecule has 4 rings (SSSR count). The topological polar surface area (TPSA) is 81.0 Å². The van der Waals surface area contributed by atoms with E-state index < -0.39 is 22.0 Å². The maximum atomic E-state index is 13.2. The van der Waals surface area contributed by atoms with E-state index in [1.807, 2.05) is 30.5 Å². The van der Waals surface area contributed by atoms with Gasteiger partial charge < -0.3 is 9.30 Å². The summed E-state index contributed by atoms with van der Waals surface area (Å²) in [5, 5.41) is 0.602. The van der Waals surface area contributed by atoms with Gasteiger partial charge in [0.25, 0.3) is 5.91 Å². The Hall–Kier alpha value is -2.04. The van der Waals surface area contributed by atoms with E-state index in [1.54, 1.807) is 30.3 Å². The number of nitrogens with zero attached hydrogens (tertiary/aromatic N) is 3. The van der Waals surface area contributed by atoms with Gasteiger partial charge in [-0.3, -0.25) is 4.79 Å². The number of aryl methyl sites for hydroxylation is 1. The summed E-state index contributed by atoms with van der Waals surface area (Å²) in [6.45, 7) is 5.72. The maximum Gasteiger partial charge on any atom is 0.266 e. The van der Waals surface area contributed by atoms with Crippen LogP contribution in [0.2, 0.25) is 5.02 Å². The molecule has 176 valence electrons. The molecule has 1 unspecified atom stereocenters. The molecule has 1 atom stereocenters. The molecule has 1 amide bonds. The SMILES string of the molecule is CCOCCn1c(=NC(=O)C2CCCN2S(=O)(=O)c2ccc(C)cc2)sc2cc(Cl)ccc21. The number of thiazole rings is 1. The number of carbonyl (C=O) groups is 1. The number of rotatable bonds is 7. The van der Waals surface area contributed by atoms with Gasteiger partial charge in [0.2, 0.25) is 10.0 Å². The largest absolute Gasteiger partial charge is 0.380 e. The Bertz CT molecular complexity index is 1330. The van der Waals surface area contributed by atoms with E-state index in [2.05, 4.69) is 4.99 Å². The third kappa shape index (κ3) is 5.07. The third-order valence-corrected chi connectivity index (χ3v) is 8.83. The van der Waals surface area contributed by atoms with Crippen LogP contribution in [0.1, 0.15) is 25.3 Å². The van der Waals surface area contributed by atoms with Crippen molar-refractivity contribution in [2.45, 2.75) is 44.2 Å². The van der Waals surface area contributed by atoms with Crippen molar-refractivity contribution in [3.05, 3.63) is 57.9 Å². The number of carbonyl (C=O) groups excluding carboxylic acids is 1. The van der Waals surface area contributed by atoms with E-state index in [9.17, 15) is 13.2 Å². The molecule has 7 nitrogen and oxygen atoms in total. The summed E-state index contributed by atoms with van der Waals surface area (Å²) in [6.07, 6.45) is 1.06. The van der Waals surface area contributed by atoms with Gasteiger partial charge in [0.05, 0.1) is 21.7 Å². The van der Waals surface area contributed by atoms with Gasteiger partial charge in [0.1, 0.15) is 6.04 Å². The number of hydrogen-bond acceptors (Lipinski definition) is 5. The normalized spacial score (nSPS) is 17.8. The van der Waals surface area contributed by atoms with Gasteiger partial charge in [-0.1, -0.05) is 40.6 Å². The summed E-state index contributed by atoms with van der Waals surface area (Å²) in [5.74, 6) is -0.453. The summed E-state index contributed by atoms with van der Waals surface area (Å²) in [4.78, 5) is 18.3. The average molecular weight is 508 g/mol. The monoisotopic (exact) mass is 507 g/mol. The van der Waals surface area contributed by atoms with E-state index in [4.69, 9.17) is 16.3 Å². The molecule has 0 aliphatic carbocycles. The molecule has 1 aliphatic rings. The second-order valence-corrected chi connectivity index (χ2v) is 11.2. The molecule has 2 heterocycles. The molecule has 1 aromatic heterocycles. The molecule has 0 saturated carbocycles. The van der Waals surface area contributed by atoms with E-state index in [0.29, 0.717) is 49.0 Å². The van der Waals surface area contributed by atoms with Gasteiger partial charge >= 0.3 is 0 Å². The second kappa shape index (κ2) is 10.1. The predicted molar refractivity (Wildman–Crippen MR) is 130 cm³/mol. The molecule has 1 fully saturated rings. The van der Waals surface area contributed by atoms with Gasteiger partial charge in [-0.05, 0) is 57.0 Å². The first kappa shape index (κ1) is 24.1. The number of sulfonamides is 1. The Morgan fingerprint density at radius 3 is 2.73 bits per heavy atom. The van der Waals surface area contributed by atoms with Crippen LogP contribution in [-0.2, 0) is 26.1 Å². The molecule has 1 aliphatic heterocycles. The third-order valence-electron chi connectivity index (χ3n) is 5.63. The molecule has 3 aromatic rings. The minimum atomic E-state index is -3.79. The number of benzene rings is 2. The van der Waals surface area contributed by atoms with E-state index in [1.165, 1.54) is 15.6 Å². The highest BCUT2D eigenvalue weighted by Crippen LogP contribution is 2.27. The predicted octanol–water partition coefficient (Wildman–Crippen LogP) is 3.98. The van der Waals surface area contributed by atoms with Crippen LogP contribution in [0.5, 0.6) is 0 Å². The standard InChI is InChI=1S/C23H26ClN3O4S2/c1-3-31-14-13-26-19-11-8-17(24)15-21(19)32-23(26)25-22(28)20-5-4-12-27(20)33(29,30)18-9-6-16(2)7-10-18/h6-11,15,20H,3-5,12-14H2,1-2H3. The lowest BCUT2D eigenvalue weighted by Crippen LogP contribution is -2.40. The molecule has 0 radical (unpaired) electrons. The van der Waals surface area contributed by atoms with Gasteiger partial charge in [-0.15, -0.1) is 0 Å². The van der Waals surface area contributed by atoms with Crippen molar-refractivity contribution in [3.8, 4) is 0 Å². The van der Waals surface area contributed by atoms with Crippen molar-refractivity contribution in [2.24, 2.45) is 4.99 Å². The van der Waals surface area contributed by atoms with Crippen LogP contribution < -0.4 is 4.80 Å². The smallest absolute Gasteiger partial charge is 0.266 e. The number of halogens is 1. The van der Waals surface area contributed by atoms with Crippen molar-refractivity contribution >= 4 is 49.1 Å². The highest BCUT2D eigenvalue weighted by atomic mass is 35.5. The number of fused-ring (bicyclic) bond motifs is 1. The second-order valence-electron chi connectivity index (χ2n) is 7.88. The van der Waals surface area contributed by atoms with Crippen LogP contribution in [-0.4, -0.2) is 49.0 Å². The number of aromatic nitrogens is 1. The van der Waals surface area contributed by atoms with Gasteiger partial charge in [0.15, 0.2) is 4.80 Å². The summed E-state index contributed by atoms with van der Waals surface area (Å²) in [7, 11) is -3.79. The molecule has 0 bridgehead atoms. The lowest BCUT2D eigenvalue weighted by Gasteiger charge is -2.21. The number of hydrogen-bond donors (Lipinski definition) is 0. The fraction of sp³-hybridized carbons (Fsp3) is 0.391. The van der Waals surface area contributed by atoms with Gasteiger partial charge in [-0.25, -0.2) is 8.42 Å². The molecule has 0 spiro atoms. The van der Waals surface area contributed by atoms with Crippen LogP contribution in [0, 0.1) is 6.92 Å². The van der Waals surface area contributed by atoms with Crippen molar-refractivity contribution in [1.29, 1.82) is 0 Å². The Morgan fingerprint density at radius 2 is 2.00 bits per heavy atom. The summed E-state index contributed by atoms with van der Waals surface area (Å²) >= 11 is 7.51. The first-order valence-corrected chi connectivity index (χ1v) is 13.5. The van der Waals surface area contributed by atoms with Crippen molar-refractivity contribution < 1.29 is 17.9 Å². The van der Waals surface area contributed by atoms with Crippen LogP contribution in [0.4, 0.5) is 0 Å². The molecule has 2 aromatic carbocycles. The zero-order valence-corrected chi connectivity index (χ0v) is 20.9. The Balaban J connectivity index is 1.69. The van der Waals surface area contributed by atoms with Crippen LogP contribution in [0.25, 0.3) is 10.2 Å². The van der Waals surface area contributed by atoms with E-state index in [-0.39, 0.29) is 4.90 Å². The Labute approximate surface area is 202 Å². The quantitative estimate of drug-likeness (QED) is 0.453. The molecule has 33 heavy (non-hydrogen) atoms. The van der Waals surface area contributed by atoms with Crippen LogP contribution in [0.15, 0.2) is 52.4 Å². The van der Waals surface area contributed by atoms with Crippen LogP contribution >= 0.6 is 22.9 Å². The summed E-state index contributed by atoms with van der Waals surface area (Å²) in [5.41, 5.74) is 1.88. The van der Waals surface area contributed by atoms with Crippen molar-refractivity contribution in [3.63, 3.8) is 0 Å². The fourth-order valence-corrected chi connectivity index (χ4v) is 6.93. The molecule has 10 heteroatoms. The minimum Gasteiger partial charge on any atom is -0.380 e. The average Bonchev–Trinajstić information content (AvgIpc) is 3.40. The molecule has 0 N–H and O–H groups in total. The van der Waals surface area contributed by atoms with Crippen molar-refractivity contribution in [2.75, 3.05) is 19.8 Å². The van der Waals surface area contributed by atoms with Crippen LogP contribution in [0.3, 0.4) is 0 Å². The lowest BCUT2D eigenvalue weighted by atomic mass is 10.2. The summed E-state index contributed by atoms with van der Waals surface area (Å²) < 4.78 is 36.1. The number of amides is 1. The maximum absolute atomic E-state index is 13.2. The van der Waals surface area contributed by atoms with Gasteiger partial charge in [-0.2, -0.15) is 9.30 Å². The zero-order valence-electron chi connectivity index (χ0n) is 18.5. The summed E-state index contributed by atoms with van der Waals surface area (Å²) in [6, 6.07) is 11.4. The minimum absolute atomic E-state index is 0.191. The lowest BCUT2D eigenvalue weighted by molar-refractivity contribution is -0.121. The Kier molecular flexibility index (Phi) is 7.35. The van der Waals surface area contributed by atoms with Gasteiger partial charge in [0, 0.05) is 24.7 Å². The van der Waals surface area contributed by atoms with E-state index >= 15 is 0 Å². The first-order valence-electron chi connectivity index (χ1n) is 10.8. The molecular formula is C23H26ClN3O4S2. The van der Waals surface area contributed by atoms with Crippen molar-refractivity contribution in [1.82, 2.24) is 8.87 Å². The highest BCUT2D eigenvalue weighted by Gasteiger charge is 2.39. The fourth-order valence-electron chi connectivity index (χ4n) is 3.94. The molecular weight excluding hydrogens is 482 g/mol. The Morgan fingerprint density at radius 1 is 1.24 bits per heavy atom. The molecule has 1 saturated heterocycles.